The molecule has 0 unspecified atom stereocenters. The Morgan fingerprint density at radius 1 is 1.53 bits per heavy atom. The average Bonchev–Trinajstić information content (AvgIpc) is 2.42. The maximum Gasteiger partial charge on any atom is 0.303 e. The molecule has 0 saturated carbocycles. The van der Waals surface area contributed by atoms with E-state index in [1.165, 1.54) is 6.08 Å². The predicted molar refractivity (Wildman–Crippen MR) is 71.5 cm³/mol. The Morgan fingerprint density at radius 3 is 2.95 bits per heavy atom. The molecule has 0 heterocycles. The SMILES string of the molecule is [CH-]=CC1=CC(OC)=C=CC1=[O+]CCCCCC(=O)O. The van der Waals surface area contributed by atoms with Gasteiger partial charge in [-0.15, -0.1) is 0 Å². The molecule has 102 valence electrons. The molecule has 0 saturated heterocycles. The molecule has 0 aromatic rings. The fraction of sp³-hybridized carbons (Fsp3) is 0.400. The first-order valence-corrected chi connectivity index (χ1v) is 6.16. The second-order valence-corrected chi connectivity index (χ2v) is 4.04. The minimum atomic E-state index is -0.759. The Labute approximate surface area is 113 Å². The minimum absolute atomic E-state index is 0.206. The molecule has 4 heteroatoms. The summed E-state index contributed by atoms with van der Waals surface area (Å²) in [7, 11) is 1.56. The topological polar surface area (TPSA) is 57.8 Å². The Hall–Kier alpha value is -2.06. The molecule has 0 aliphatic heterocycles. The molecule has 0 amide bonds. The fourth-order valence-electron chi connectivity index (χ4n) is 1.58. The number of carbonyl (C=O) groups is 1. The van der Waals surface area contributed by atoms with Crippen molar-refractivity contribution in [1.82, 2.24) is 0 Å². The lowest BCUT2D eigenvalue weighted by Gasteiger charge is -2.07. The van der Waals surface area contributed by atoms with Crippen molar-refractivity contribution in [3.8, 4) is 0 Å². The summed E-state index contributed by atoms with van der Waals surface area (Å²) in [6.45, 7) is 6.05. The average molecular weight is 262 g/mol. The number of aliphatic carboxylic acids is 1. The van der Waals surface area contributed by atoms with Crippen LogP contribution in [-0.4, -0.2) is 30.6 Å². The van der Waals surface area contributed by atoms with Crippen molar-refractivity contribution in [2.24, 2.45) is 0 Å². The number of carboxylic acids is 1. The molecule has 0 aromatic carbocycles. The van der Waals surface area contributed by atoms with Gasteiger partial charge in [0.1, 0.15) is 5.76 Å². The summed E-state index contributed by atoms with van der Waals surface area (Å²) in [5.41, 5.74) is 3.68. The molecule has 19 heavy (non-hydrogen) atoms. The number of carboxylic acid groups (broad SMARTS) is 1. The molecule has 0 radical (unpaired) electrons. The monoisotopic (exact) mass is 262 g/mol. The second-order valence-electron chi connectivity index (χ2n) is 4.04. The van der Waals surface area contributed by atoms with Crippen LogP contribution in [0, 0.1) is 6.58 Å². The van der Waals surface area contributed by atoms with E-state index in [1.807, 2.05) is 0 Å². The van der Waals surface area contributed by atoms with Crippen LogP contribution in [0.5, 0.6) is 0 Å². The van der Waals surface area contributed by atoms with Crippen LogP contribution in [0.4, 0.5) is 0 Å². The van der Waals surface area contributed by atoms with E-state index in [0.29, 0.717) is 24.6 Å². The zero-order valence-electron chi connectivity index (χ0n) is 11.0. The van der Waals surface area contributed by atoms with Crippen LogP contribution in [-0.2, 0) is 14.0 Å². The van der Waals surface area contributed by atoms with Crippen LogP contribution in [0.1, 0.15) is 25.7 Å². The third-order valence-corrected chi connectivity index (χ3v) is 2.61. The van der Waals surface area contributed by atoms with Gasteiger partial charge < -0.3 is 9.84 Å². The summed E-state index contributed by atoms with van der Waals surface area (Å²) >= 11 is 0. The van der Waals surface area contributed by atoms with Crippen LogP contribution in [0.3, 0.4) is 0 Å². The molecule has 0 aromatic heterocycles. The molecular weight excluding hydrogens is 244 g/mol. The molecule has 0 bridgehead atoms. The number of hydrogen-bond acceptors (Lipinski definition) is 2. The predicted octanol–water partition coefficient (Wildman–Crippen LogP) is 2.35. The maximum atomic E-state index is 10.3. The number of rotatable bonds is 8. The largest absolute Gasteiger partial charge is 0.491 e. The van der Waals surface area contributed by atoms with Gasteiger partial charge in [0.15, 0.2) is 0 Å². The van der Waals surface area contributed by atoms with Gasteiger partial charge in [-0.3, -0.25) is 15.8 Å². The molecule has 0 fully saturated rings. The van der Waals surface area contributed by atoms with Crippen molar-refractivity contribution < 1.29 is 19.1 Å². The van der Waals surface area contributed by atoms with Gasteiger partial charge in [-0.25, -0.2) is 6.08 Å². The van der Waals surface area contributed by atoms with Gasteiger partial charge in [-0.05, 0) is 12.8 Å². The second kappa shape index (κ2) is 8.11. The lowest BCUT2D eigenvalue weighted by molar-refractivity contribution is -0.456. The zero-order valence-corrected chi connectivity index (χ0v) is 11.0. The standard InChI is InChI=1S/C15H18O4/c1-3-12-11-13(18-2)8-9-14(12)19-10-6-4-5-7-15(16)17/h1,3,9,11H,4-7,10H2,2H3,(H,16,17). The van der Waals surface area contributed by atoms with E-state index in [2.05, 4.69) is 5.73 Å². The molecule has 1 N–H and O–H groups in total. The first kappa shape index (κ1) is 15.0. The number of hydrogen-bond donors (Lipinski definition) is 1. The molecule has 0 atom stereocenters. The van der Waals surface area contributed by atoms with Gasteiger partial charge in [0.05, 0.1) is 13.2 Å². The van der Waals surface area contributed by atoms with Crippen LogP contribution in [0.15, 0.2) is 35.3 Å². The van der Waals surface area contributed by atoms with Crippen molar-refractivity contribution in [2.45, 2.75) is 25.7 Å². The van der Waals surface area contributed by atoms with Crippen LogP contribution < -0.4 is 0 Å². The first-order valence-electron chi connectivity index (χ1n) is 6.16. The number of methoxy groups -OCH3 is 1. The van der Waals surface area contributed by atoms with Crippen molar-refractivity contribution in [1.29, 1.82) is 0 Å². The third-order valence-electron chi connectivity index (χ3n) is 2.61. The van der Waals surface area contributed by atoms with Gasteiger partial charge in [0, 0.05) is 12.8 Å². The van der Waals surface area contributed by atoms with Gasteiger partial charge in [-0.1, -0.05) is 17.4 Å². The lowest BCUT2D eigenvalue weighted by Crippen LogP contribution is -2.06. The summed E-state index contributed by atoms with van der Waals surface area (Å²) in [4.78, 5) is 10.3. The minimum Gasteiger partial charge on any atom is -0.491 e. The van der Waals surface area contributed by atoms with Gasteiger partial charge in [0.2, 0.25) is 0 Å². The summed E-state index contributed by atoms with van der Waals surface area (Å²) in [5, 5.41) is 8.50. The first-order chi connectivity index (χ1) is 9.17. The van der Waals surface area contributed by atoms with Crippen molar-refractivity contribution in [3.05, 3.63) is 41.9 Å². The summed E-state index contributed by atoms with van der Waals surface area (Å²) in [6, 6.07) is 0. The van der Waals surface area contributed by atoms with E-state index in [0.717, 1.165) is 18.4 Å². The molecule has 1 aliphatic rings. The molecule has 1 rings (SSSR count). The van der Waals surface area contributed by atoms with Crippen molar-refractivity contribution >= 4 is 11.8 Å². The summed E-state index contributed by atoms with van der Waals surface area (Å²) < 4.78 is 10.6. The highest BCUT2D eigenvalue weighted by Gasteiger charge is 2.09. The van der Waals surface area contributed by atoms with Gasteiger partial charge in [-0.2, -0.15) is 0 Å². The Kier molecular flexibility index (Phi) is 6.41. The third kappa shape index (κ3) is 5.40. The molecular formula is C15H18O4. The van der Waals surface area contributed by atoms with E-state index >= 15 is 0 Å². The highest BCUT2D eigenvalue weighted by molar-refractivity contribution is 6.07. The van der Waals surface area contributed by atoms with Crippen molar-refractivity contribution in [2.75, 3.05) is 13.7 Å². The number of ketones is 1. The number of ether oxygens (including phenoxy) is 1. The molecule has 0 spiro atoms. The number of allylic oxidation sites excluding steroid dienone is 3. The van der Waals surface area contributed by atoms with E-state index < -0.39 is 5.97 Å². The number of carbonyl (C=O) groups excluding carboxylic acids is 1. The highest BCUT2D eigenvalue weighted by Crippen LogP contribution is 2.11. The summed E-state index contributed by atoms with van der Waals surface area (Å²) in [6.07, 6.45) is 7.41. The smallest absolute Gasteiger partial charge is 0.303 e. The maximum absolute atomic E-state index is 10.3. The van der Waals surface area contributed by atoms with Crippen LogP contribution in [0.2, 0.25) is 0 Å². The Balaban J connectivity index is 2.45. The molecule has 1 aliphatic carbocycles. The van der Waals surface area contributed by atoms with E-state index in [1.54, 1.807) is 19.3 Å². The van der Waals surface area contributed by atoms with Gasteiger partial charge in [0.25, 0.3) is 12.4 Å². The number of unbranched alkanes of at least 4 members (excludes halogenated alkanes) is 2. The normalized spacial score (nSPS) is 15.9. The van der Waals surface area contributed by atoms with E-state index in [4.69, 9.17) is 20.8 Å². The quantitative estimate of drug-likeness (QED) is 0.316. The summed E-state index contributed by atoms with van der Waals surface area (Å²) in [5.74, 6) is 0.498. The fourth-order valence-corrected chi connectivity index (χ4v) is 1.58. The van der Waals surface area contributed by atoms with E-state index in [-0.39, 0.29) is 6.42 Å². The van der Waals surface area contributed by atoms with Crippen LogP contribution >= 0.6 is 0 Å². The molecule has 4 nitrogen and oxygen atoms in total. The highest BCUT2D eigenvalue weighted by atomic mass is 16.5. The lowest BCUT2D eigenvalue weighted by atomic mass is 10.1. The Bertz CT molecular complexity index is 463. The zero-order chi connectivity index (χ0) is 14.1. The van der Waals surface area contributed by atoms with Crippen LogP contribution in [0.25, 0.3) is 0 Å². The van der Waals surface area contributed by atoms with Crippen molar-refractivity contribution in [3.63, 3.8) is 0 Å². The van der Waals surface area contributed by atoms with E-state index in [9.17, 15) is 4.79 Å². The van der Waals surface area contributed by atoms with Gasteiger partial charge >= 0.3 is 5.97 Å². The Morgan fingerprint density at radius 2 is 2.32 bits per heavy atom.